The summed E-state index contributed by atoms with van der Waals surface area (Å²) in [5.74, 6) is 0.602. The zero-order chi connectivity index (χ0) is 13.1. The standard InChI is InChI=1S/C14H18FN3/c1-3-9(2)8-12-13(14(16)18-17-12)10-6-4-5-7-11(10)15/h4-7,9H,3,8H2,1-2H3,(H3,16,17,18). The number of benzene rings is 1. The van der Waals surface area contributed by atoms with E-state index in [-0.39, 0.29) is 5.82 Å². The van der Waals surface area contributed by atoms with E-state index in [2.05, 4.69) is 24.0 Å². The van der Waals surface area contributed by atoms with E-state index in [0.29, 0.717) is 22.9 Å². The number of hydrogen-bond acceptors (Lipinski definition) is 2. The molecular weight excluding hydrogens is 229 g/mol. The third-order valence-corrected chi connectivity index (χ3v) is 3.26. The summed E-state index contributed by atoms with van der Waals surface area (Å²) in [4.78, 5) is 0. The quantitative estimate of drug-likeness (QED) is 0.870. The molecule has 2 aromatic rings. The molecule has 0 radical (unpaired) electrons. The summed E-state index contributed by atoms with van der Waals surface area (Å²) in [7, 11) is 0. The van der Waals surface area contributed by atoms with Gasteiger partial charge in [-0.3, -0.25) is 5.10 Å². The largest absolute Gasteiger partial charge is 0.382 e. The normalized spacial score (nSPS) is 12.6. The summed E-state index contributed by atoms with van der Waals surface area (Å²) < 4.78 is 13.8. The Bertz CT molecular complexity index is 534. The van der Waals surface area contributed by atoms with E-state index in [1.165, 1.54) is 6.07 Å². The number of aromatic nitrogens is 2. The number of halogens is 1. The Morgan fingerprint density at radius 2 is 2.11 bits per heavy atom. The van der Waals surface area contributed by atoms with Gasteiger partial charge in [-0.05, 0) is 18.4 Å². The number of rotatable bonds is 4. The fraction of sp³-hybridized carbons (Fsp3) is 0.357. The lowest BCUT2D eigenvalue weighted by Crippen LogP contribution is -2.00. The van der Waals surface area contributed by atoms with Crippen molar-refractivity contribution in [3.63, 3.8) is 0 Å². The first-order chi connectivity index (χ1) is 8.63. The molecule has 0 aliphatic heterocycles. The highest BCUT2D eigenvalue weighted by Gasteiger charge is 2.17. The van der Waals surface area contributed by atoms with Crippen molar-refractivity contribution in [2.75, 3.05) is 5.73 Å². The van der Waals surface area contributed by atoms with Gasteiger partial charge in [-0.25, -0.2) is 4.39 Å². The lowest BCUT2D eigenvalue weighted by molar-refractivity contribution is 0.552. The van der Waals surface area contributed by atoms with Gasteiger partial charge in [0.2, 0.25) is 0 Å². The zero-order valence-electron chi connectivity index (χ0n) is 10.7. The minimum absolute atomic E-state index is 0.268. The van der Waals surface area contributed by atoms with Gasteiger partial charge in [0.15, 0.2) is 5.82 Å². The highest BCUT2D eigenvalue weighted by atomic mass is 19.1. The third kappa shape index (κ3) is 2.37. The Hall–Kier alpha value is -1.84. The van der Waals surface area contributed by atoms with Crippen LogP contribution in [0.2, 0.25) is 0 Å². The van der Waals surface area contributed by atoms with Crippen LogP contribution >= 0.6 is 0 Å². The number of nitrogens with two attached hydrogens (primary N) is 1. The molecule has 0 spiro atoms. The second kappa shape index (κ2) is 5.21. The van der Waals surface area contributed by atoms with Gasteiger partial charge in [0.25, 0.3) is 0 Å². The fourth-order valence-electron chi connectivity index (χ4n) is 2.00. The molecule has 4 heteroatoms. The number of hydrogen-bond donors (Lipinski definition) is 2. The lowest BCUT2D eigenvalue weighted by atomic mass is 9.97. The van der Waals surface area contributed by atoms with Crippen LogP contribution in [0.4, 0.5) is 10.2 Å². The number of aromatic amines is 1. The van der Waals surface area contributed by atoms with E-state index in [0.717, 1.165) is 18.5 Å². The van der Waals surface area contributed by atoms with Crippen LogP contribution in [0.25, 0.3) is 11.1 Å². The molecule has 1 atom stereocenters. The summed E-state index contributed by atoms with van der Waals surface area (Å²) in [6.45, 7) is 4.29. The maximum absolute atomic E-state index is 13.8. The molecule has 0 amide bonds. The van der Waals surface area contributed by atoms with Crippen LogP contribution in [0.3, 0.4) is 0 Å². The summed E-state index contributed by atoms with van der Waals surface area (Å²) >= 11 is 0. The number of anilines is 1. The molecular formula is C14H18FN3. The van der Waals surface area contributed by atoms with Gasteiger partial charge in [-0.2, -0.15) is 5.10 Å². The van der Waals surface area contributed by atoms with E-state index in [9.17, 15) is 4.39 Å². The lowest BCUT2D eigenvalue weighted by Gasteiger charge is -2.09. The van der Waals surface area contributed by atoms with Gasteiger partial charge in [0.1, 0.15) is 5.82 Å². The highest BCUT2D eigenvalue weighted by molar-refractivity contribution is 5.76. The molecule has 0 saturated carbocycles. The second-order valence-electron chi connectivity index (χ2n) is 4.66. The molecule has 1 aromatic carbocycles. The average Bonchev–Trinajstić information content (AvgIpc) is 2.71. The summed E-state index contributed by atoms with van der Waals surface area (Å²) in [5.41, 5.74) is 7.98. The molecule has 18 heavy (non-hydrogen) atoms. The Labute approximate surface area is 106 Å². The monoisotopic (exact) mass is 247 g/mol. The number of nitrogen functional groups attached to an aromatic ring is 1. The SMILES string of the molecule is CCC(C)Cc1[nH]nc(N)c1-c1ccccc1F. The predicted molar refractivity (Wildman–Crippen MR) is 71.6 cm³/mol. The third-order valence-electron chi connectivity index (χ3n) is 3.26. The van der Waals surface area contributed by atoms with Crippen molar-refractivity contribution in [2.45, 2.75) is 26.7 Å². The highest BCUT2D eigenvalue weighted by Crippen LogP contribution is 2.31. The molecule has 1 heterocycles. The van der Waals surface area contributed by atoms with Crippen LogP contribution in [-0.4, -0.2) is 10.2 Å². The molecule has 96 valence electrons. The Kier molecular flexibility index (Phi) is 3.65. The van der Waals surface area contributed by atoms with Crippen LogP contribution < -0.4 is 5.73 Å². The molecule has 0 bridgehead atoms. The minimum atomic E-state index is -0.268. The van der Waals surface area contributed by atoms with E-state index in [4.69, 9.17) is 5.73 Å². The first kappa shape index (κ1) is 12.6. The minimum Gasteiger partial charge on any atom is -0.382 e. The topological polar surface area (TPSA) is 54.7 Å². The van der Waals surface area contributed by atoms with E-state index in [1.807, 2.05) is 0 Å². The van der Waals surface area contributed by atoms with Crippen molar-refractivity contribution in [3.8, 4) is 11.1 Å². The molecule has 1 aromatic heterocycles. The second-order valence-corrected chi connectivity index (χ2v) is 4.66. The van der Waals surface area contributed by atoms with Gasteiger partial charge in [-0.15, -0.1) is 0 Å². The zero-order valence-corrected chi connectivity index (χ0v) is 10.7. The number of nitrogens with one attached hydrogen (secondary N) is 1. The van der Waals surface area contributed by atoms with Gasteiger partial charge in [-0.1, -0.05) is 38.5 Å². The Morgan fingerprint density at radius 1 is 1.39 bits per heavy atom. The van der Waals surface area contributed by atoms with Crippen LogP contribution in [0.1, 0.15) is 26.0 Å². The molecule has 3 N–H and O–H groups in total. The predicted octanol–water partition coefficient (Wildman–Crippen LogP) is 3.39. The van der Waals surface area contributed by atoms with Crippen molar-refractivity contribution in [3.05, 3.63) is 35.8 Å². The Balaban J connectivity index is 2.44. The Morgan fingerprint density at radius 3 is 2.78 bits per heavy atom. The van der Waals surface area contributed by atoms with Gasteiger partial charge >= 0.3 is 0 Å². The first-order valence-corrected chi connectivity index (χ1v) is 6.21. The first-order valence-electron chi connectivity index (χ1n) is 6.21. The van der Waals surface area contributed by atoms with Crippen LogP contribution in [0, 0.1) is 11.7 Å². The van der Waals surface area contributed by atoms with Gasteiger partial charge < -0.3 is 5.73 Å². The van der Waals surface area contributed by atoms with Crippen LogP contribution in [0.15, 0.2) is 24.3 Å². The molecule has 2 rings (SSSR count). The van der Waals surface area contributed by atoms with Crippen molar-refractivity contribution < 1.29 is 4.39 Å². The van der Waals surface area contributed by atoms with Crippen LogP contribution in [-0.2, 0) is 6.42 Å². The van der Waals surface area contributed by atoms with Crippen molar-refractivity contribution >= 4 is 5.82 Å². The van der Waals surface area contributed by atoms with Crippen LogP contribution in [0.5, 0.6) is 0 Å². The van der Waals surface area contributed by atoms with E-state index >= 15 is 0 Å². The molecule has 0 saturated heterocycles. The van der Waals surface area contributed by atoms with Crippen molar-refractivity contribution in [1.82, 2.24) is 10.2 Å². The van der Waals surface area contributed by atoms with Crippen molar-refractivity contribution in [1.29, 1.82) is 0 Å². The van der Waals surface area contributed by atoms with Gasteiger partial charge in [0, 0.05) is 16.8 Å². The van der Waals surface area contributed by atoms with Crippen molar-refractivity contribution in [2.24, 2.45) is 5.92 Å². The summed E-state index contributed by atoms with van der Waals surface area (Å²) in [6, 6.07) is 6.65. The van der Waals surface area contributed by atoms with E-state index < -0.39 is 0 Å². The molecule has 1 unspecified atom stereocenters. The molecule has 3 nitrogen and oxygen atoms in total. The molecule has 0 aliphatic rings. The fourth-order valence-corrected chi connectivity index (χ4v) is 2.00. The number of H-pyrrole nitrogens is 1. The maximum atomic E-state index is 13.8. The average molecular weight is 247 g/mol. The number of nitrogens with zero attached hydrogens (tertiary/aromatic N) is 1. The smallest absolute Gasteiger partial charge is 0.153 e. The summed E-state index contributed by atoms with van der Waals surface area (Å²) in [5, 5.41) is 6.93. The maximum Gasteiger partial charge on any atom is 0.153 e. The summed E-state index contributed by atoms with van der Waals surface area (Å²) in [6.07, 6.45) is 1.89. The van der Waals surface area contributed by atoms with E-state index in [1.54, 1.807) is 18.2 Å². The van der Waals surface area contributed by atoms with Gasteiger partial charge in [0.05, 0.1) is 0 Å². The molecule has 0 aliphatic carbocycles. The molecule has 0 fully saturated rings.